The molecule has 0 spiro atoms. The van der Waals surface area contributed by atoms with Gasteiger partial charge in [0.2, 0.25) is 11.8 Å². The van der Waals surface area contributed by atoms with E-state index in [0.717, 1.165) is 38.2 Å². The zero-order valence-corrected chi connectivity index (χ0v) is 19.2. The molecule has 0 saturated carbocycles. The van der Waals surface area contributed by atoms with Gasteiger partial charge >= 0.3 is 11.8 Å². The Labute approximate surface area is 185 Å². The first-order chi connectivity index (χ1) is 14.7. The molecule has 172 valence electrons. The molecular formula is C20H31N5O5S. The van der Waals surface area contributed by atoms with E-state index in [1.807, 2.05) is 25.7 Å². The number of amides is 2. The monoisotopic (exact) mass is 453 g/mol. The van der Waals surface area contributed by atoms with Crippen molar-refractivity contribution >= 4 is 23.8 Å². The zero-order valence-electron chi connectivity index (χ0n) is 18.3. The molecule has 1 N–H and O–H groups in total. The molecule has 2 amide bonds. The number of thioether (sulfide) groups is 1. The van der Waals surface area contributed by atoms with Crippen LogP contribution in [0.15, 0.2) is 9.21 Å². The van der Waals surface area contributed by atoms with Crippen molar-refractivity contribution in [2.24, 2.45) is 0 Å². The van der Waals surface area contributed by atoms with E-state index in [4.69, 9.17) is 9.15 Å². The molecule has 0 aliphatic carbocycles. The highest BCUT2D eigenvalue weighted by atomic mass is 32.2. The second-order valence-corrected chi connectivity index (χ2v) is 10.5. The Bertz CT molecular complexity index is 851. The number of likely N-dealkylation sites (tertiary alicyclic amines) is 2. The molecule has 3 saturated heterocycles. The van der Waals surface area contributed by atoms with E-state index < -0.39 is 23.5 Å². The molecule has 3 aliphatic rings. The summed E-state index contributed by atoms with van der Waals surface area (Å²) >= 11 is 1.74. The number of ether oxygens (including phenoxy) is 1. The number of hydrogen-bond acceptors (Lipinski definition) is 8. The van der Waals surface area contributed by atoms with Crippen LogP contribution >= 0.6 is 11.8 Å². The Kier molecular flexibility index (Phi) is 6.34. The Morgan fingerprint density at radius 2 is 1.97 bits per heavy atom. The van der Waals surface area contributed by atoms with Crippen molar-refractivity contribution < 1.29 is 18.7 Å². The maximum atomic E-state index is 13.2. The van der Waals surface area contributed by atoms with Crippen LogP contribution in [0.3, 0.4) is 0 Å². The molecule has 0 aromatic carbocycles. The lowest BCUT2D eigenvalue weighted by molar-refractivity contribution is -0.134. The number of aromatic nitrogens is 2. The van der Waals surface area contributed by atoms with Gasteiger partial charge in [-0.05, 0) is 53.1 Å². The number of nitrogens with zero attached hydrogens (tertiary/aromatic N) is 4. The molecule has 0 bridgehead atoms. The summed E-state index contributed by atoms with van der Waals surface area (Å²) in [7, 11) is 0. The second-order valence-electron chi connectivity index (χ2n) is 9.44. The fourth-order valence-electron chi connectivity index (χ4n) is 4.56. The lowest BCUT2D eigenvalue weighted by Gasteiger charge is -2.34. The van der Waals surface area contributed by atoms with Gasteiger partial charge in [0.05, 0.1) is 5.88 Å². The highest BCUT2D eigenvalue weighted by Gasteiger charge is 2.45. The van der Waals surface area contributed by atoms with E-state index in [9.17, 15) is 14.4 Å². The minimum Gasteiger partial charge on any atom is -0.444 e. The van der Waals surface area contributed by atoms with Gasteiger partial charge in [0.15, 0.2) is 0 Å². The molecule has 0 radical (unpaired) electrons. The number of carbonyl (C=O) groups excluding carboxylic acids is 2. The SMILES string of the molecule is CC(C)(C)OC(=O)N1C[C@@H](N2CCC(c3n[nH]c(=O)o3)CC2)C[C@H]1C(=O)N1CCSC1. The van der Waals surface area contributed by atoms with Gasteiger partial charge < -0.3 is 14.1 Å². The Balaban J connectivity index is 1.43. The summed E-state index contributed by atoms with van der Waals surface area (Å²) in [6.45, 7) is 8.32. The topological polar surface area (TPSA) is 112 Å². The average molecular weight is 454 g/mol. The van der Waals surface area contributed by atoms with E-state index >= 15 is 0 Å². The molecule has 1 aromatic heterocycles. The smallest absolute Gasteiger partial charge is 0.434 e. The number of carbonyl (C=O) groups is 2. The van der Waals surface area contributed by atoms with Crippen molar-refractivity contribution in [1.29, 1.82) is 0 Å². The summed E-state index contributed by atoms with van der Waals surface area (Å²) in [5, 5.41) is 6.29. The molecule has 1 aromatic rings. The molecular weight excluding hydrogens is 422 g/mol. The van der Waals surface area contributed by atoms with Crippen LogP contribution in [0.1, 0.15) is 51.8 Å². The standard InChI is InChI=1S/C20H31N5O5S/c1-20(2,3)30-19(28)25-11-14(10-15(25)17(26)24-8-9-31-12-24)23-6-4-13(5-7-23)16-21-22-18(27)29-16/h13-15H,4-12H2,1-3H3,(H,22,27)/t14-,15-/m0/s1. The summed E-state index contributed by atoms with van der Waals surface area (Å²) in [6.07, 6.45) is 1.82. The Morgan fingerprint density at radius 3 is 2.55 bits per heavy atom. The molecule has 3 fully saturated rings. The normalized spacial score (nSPS) is 25.9. The number of nitrogens with one attached hydrogen (secondary N) is 1. The summed E-state index contributed by atoms with van der Waals surface area (Å²) < 4.78 is 10.7. The fraction of sp³-hybridized carbons (Fsp3) is 0.800. The predicted molar refractivity (Wildman–Crippen MR) is 115 cm³/mol. The van der Waals surface area contributed by atoms with Crippen molar-refractivity contribution in [2.45, 2.75) is 63.6 Å². The molecule has 11 heteroatoms. The van der Waals surface area contributed by atoms with E-state index in [1.165, 1.54) is 0 Å². The molecule has 3 aliphatic heterocycles. The number of piperidine rings is 1. The maximum Gasteiger partial charge on any atom is 0.434 e. The van der Waals surface area contributed by atoms with Crippen molar-refractivity contribution in [1.82, 2.24) is 24.9 Å². The van der Waals surface area contributed by atoms with E-state index in [0.29, 0.717) is 24.7 Å². The zero-order chi connectivity index (χ0) is 22.2. The summed E-state index contributed by atoms with van der Waals surface area (Å²) in [5.74, 6) is 1.69. The van der Waals surface area contributed by atoms with Gasteiger partial charge in [-0.15, -0.1) is 16.9 Å². The lowest BCUT2D eigenvalue weighted by atomic mass is 9.95. The van der Waals surface area contributed by atoms with Crippen molar-refractivity contribution in [3.8, 4) is 0 Å². The van der Waals surface area contributed by atoms with E-state index in [-0.39, 0.29) is 17.9 Å². The third-order valence-electron chi connectivity index (χ3n) is 6.11. The number of H-pyrrole nitrogens is 1. The van der Waals surface area contributed by atoms with Crippen LogP contribution in [0.5, 0.6) is 0 Å². The summed E-state index contributed by atoms with van der Waals surface area (Å²) in [5.41, 5.74) is -0.613. The van der Waals surface area contributed by atoms with Gasteiger partial charge in [0.1, 0.15) is 11.6 Å². The molecule has 31 heavy (non-hydrogen) atoms. The van der Waals surface area contributed by atoms with Gasteiger partial charge in [-0.25, -0.2) is 14.7 Å². The van der Waals surface area contributed by atoms with Gasteiger partial charge in [-0.3, -0.25) is 14.6 Å². The molecule has 0 unspecified atom stereocenters. The van der Waals surface area contributed by atoms with Crippen LogP contribution in [-0.4, -0.2) is 92.4 Å². The van der Waals surface area contributed by atoms with E-state index in [1.54, 1.807) is 16.7 Å². The first kappa shape index (κ1) is 22.2. The van der Waals surface area contributed by atoms with Crippen LogP contribution in [0.25, 0.3) is 0 Å². The predicted octanol–water partition coefficient (Wildman–Crippen LogP) is 1.45. The number of aromatic amines is 1. The van der Waals surface area contributed by atoms with Crippen LogP contribution in [-0.2, 0) is 9.53 Å². The van der Waals surface area contributed by atoms with Gasteiger partial charge in [0.25, 0.3) is 0 Å². The minimum absolute atomic E-state index is 0.0199. The lowest BCUT2D eigenvalue weighted by Crippen LogP contribution is -2.48. The van der Waals surface area contributed by atoms with Crippen LogP contribution in [0, 0.1) is 0 Å². The van der Waals surface area contributed by atoms with Gasteiger partial charge in [-0.2, -0.15) is 0 Å². The van der Waals surface area contributed by atoms with Gasteiger partial charge in [0, 0.05) is 30.8 Å². The van der Waals surface area contributed by atoms with Crippen molar-refractivity contribution in [2.75, 3.05) is 37.8 Å². The molecule has 10 nitrogen and oxygen atoms in total. The maximum absolute atomic E-state index is 13.2. The molecule has 4 heterocycles. The first-order valence-corrected chi connectivity index (χ1v) is 12.0. The number of hydrogen-bond donors (Lipinski definition) is 1. The van der Waals surface area contributed by atoms with E-state index in [2.05, 4.69) is 15.1 Å². The average Bonchev–Trinajstić information content (AvgIpc) is 3.47. The van der Waals surface area contributed by atoms with Crippen LogP contribution in [0.2, 0.25) is 0 Å². The van der Waals surface area contributed by atoms with Crippen LogP contribution in [0.4, 0.5) is 4.79 Å². The third kappa shape index (κ3) is 5.08. The van der Waals surface area contributed by atoms with Crippen LogP contribution < -0.4 is 5.76 Å². The van der Waals surface area contributed by atoms with Gasteiger partial charge in [-0.1, -0.05) is 0 Å². The largest absolute Gasteiger partial charge is 0.444 e. The quantitative estimate of drug-likeness (QED) is 0.732. The summed E-state index contributed by atoms with van der Waals surface area (Å²) in [6, 6.07) is -0.385. The first-order valence-electron chi connectivity index (χ1n) is 10.9. The highest BCUT2D eigenvalue weighted by molar-refractivity contribution is 7.99. The third-order valence-corrected chi connectivity index (χ3v) is 7.07. The second kappa shape index (κ2) is 8.85. The van der Waals surface area contributed by atoms with Crippen molar-refractivity contribution in [3.63, 3.8) is 0 Å². The fourth-order valence-corrected chi connectivity index (χ4v) is 5.52. The summed E-state index contributed by atoms with van der Waals surface area (Å²) in [4.78, 5) is 43.1. The van der Waals surface area contributed by atoms with Crippen molar-refractivity contribution in [3.05, 3.63) is 16.4 Å². The highest BCUT2D eigenvalue weighted by Crippen LogP contribution is 2.32. The Hall–Kier alpha value is -2.01. The number of rotatable bonds is 3. The molecule has 4 rings (SSSR count). The Morgan fingerprint density at radius 1 is 1.23 bits per heavy atom. The minimum atomic E-state index is -0.613. The molecule has 2 atom stereocenters.